The molecule has 1 nitrogen and oxygen atoms in total. The van der Waals surface area contributed by atoms with Crippen LogP contribution in [0.5, 0.6) is 0 Å². The number of rotatable bonds is 0. The average Bonchev–Trinajstić information content (AvgIpc) is 2.22. The molecular weight excluding hydrogens is 234 g/mol. The molecule has 0 bridgehead atoms. The summed E-state index contributed by atoms with van der Waals surface area (Å²) in [6.45, 7) is 2.36. The molecule has 0 aromatic heterocycles. The molecule has 0 amide bonds. The Morgan fingerprint density at radius 3 is 2.00 bits per heavy atom. The Morgan fingerprint density at radius 2 is 1.75 bits per heavy atom. The number of hydrogen-bond acceptors (Lipinski definition) is 1. The van der Waals surface area contributed by atoms with Gasteiger partial charge in [0.2, 0.25) is 0 Å². The van der Waals surface area contributed by atoms with Crippen molar-refractivity contribution in [2.24, 2.45) is 11.8 Å². The SMILES string of the molecule is BrC1(Br)[C@@H]2CNC[C@@H]21. The number of hydrogen-bond donors (Lipinski definition) is 1. The zero-order valence-electron chi connectivity index (χ0n) is 4.32. The second kappa shape index (κ2) is 1.50. The Hall–Kier alpha value is 0.920. The maximum atomic E-state index is 3.61. The van der Waals surface area contributed by atoms with E-state index in [1.54, 1.807) is 0 Å². The molecule has 0 aromatic carbocycles. The molecule has 1 aliphatic heterocycles. The molecule has 0 radical (unpaired) electrons. The van der Waals surface area contributed by atoms with Crippen molar-refractivity contribution in [3.63, 3.8) is 0 Å². The third kappa shape index (κ3) is 0.554. The Kier molecular flexibility index (Phi) is 1.06. The van der Waals surface area contributed by atoms with Gasteiger partial charge in [-0.2, -0.15) is 0 Å². The number of nitrogens with one attached hydrogen (secondary N) is 1. The summed E-state index contributed by atoms with van der Waals surface area (Å²) in [6, 6.07) is 0. The highest BCUT2D eigenvalue weighted by Crippen LogP contribution is 2.63. The number of halogens is 2. The standard InChI is InChI=1S/C5H7Br2N/c6-5(7)3-1-8-2-4(3)5/h3-4,8H,1-2H2/t3-,4+. The predicted molar refractivity (Wildman–Crippen MR) is 40.4 cm³/mol. The van der Waals surface area contributed by atoms with Gasteiger partial charge in [-0.15, -0.1) is 0 Å². The summed E-state index contributed by atoms with van der Waals surface area (Å²) in [5.74, 6) is 1.70. The van der Waals surface area contributed by atoms with Crippen molar-refractivity contribution < 1.29 is 0 Å². The lowest BCUT2D eigenvalue weighted by Crippen LogP contribution is -2.17. The van der Waals surface area contributed by atoms with Gasteiger partial charge >= 0.3 is 0 Å². The van der Waals surface area contributed by atoms with Crippen LogP contribution in [0.4, 0.5) is 0 Å². The van der Waals surface area contributed by atoms with E-state index in [0.717, 1.165) is 11.8 Å². The van der Waals surface area contributed by atoms with Crippen LogP contribution in [0.2, 0.25) is 0 Å². The first-order chi connectivity index (χ1) is 3.73. The van der Waals surface area contributed by atoms with Gasteiger partial charge in [-0.1, -0.05) is 31.9 Å². The Balaban J connectivity index is 2.13. The first kappa shape index (κ1) is 5.69. The number of fused-ring (bicyclic) bond motifs is 1. The van der Waals surface area contributed by atoms with Gasteiger partial charge < -0.3 is 5.32 Å². The lowest BCUT2D eigenvalue weighted by Gasteiger charge is -2.02. The minimum atomic E-state index is 0.325. The molecule has 2 atom stereocenters. The first-order valence-electron chi connectivity index (χ1n) is 2.81. The fraction of sp³-hybridized carbons (Fsp3) is 1.00. The van der Waals surface area contributed by atoms with E-state index in [-0.39, 0.29) is 0 Å². The molecular formula is C5H7Br2N. The van der Waals surface area contributed by atoms with Crippen LogP contribution in [0.15, 0.2) is 0 Å². The quantitative estimate of drug-likeness (QED) is 0.630. The van der Waals surface area contributed by atoms with E-state index < -0.39 is 0 Å². The summed E-state index contributed by atoms with van der Waals surface area (Å²) < 4.78 is 0.325. The highest BCUT2D eigenvalue weighted by atomic mass is 79.9. The molecule has 0 aromatic rings. The van der Waals surface area contributed by atoms with Gasteiger partial charge in [0.15, 0.2) is 0 Å². The highest BCUT2D eigenvalue weighted by Gasteiger charge is 2.63. The second-order valence-electron chi connectivity index (χ2n) is 2.55. The van der Waals surface area contributed by atoms with E-state index in [1.807, 2.05) is 0 Å². The van der Waals surface area contributed by atoms with Crippen LogP contribution in [0.3, 0.4) is 0 Å². The van der Waals surface area contributed by atoms with Gasteiger partial charge in [-0.3, -0.25) is 0 Å². The van der Waals surface area contributed by atoms with Gasteiger partial charge in [-0.25, -0.2) is 0 Å². The summed E-state index contributed by atoms with van der Waals surface area (Å²) in [5.41, 5.74) is 0. The lowest BCUT2D eigenvalue weighted by molar-refractivity contribution is 0.730. The second-order valence-corrected chi connectivity index (χ2v) is 6.23. The molecule has 8 heavy (non-hydrogen) atoms. The molecule has 1 N–H and O–H groups in total. The third-order valence-electron chi connectivity index (χ3n) is 2.09. The molecule has 2 rings (SSSR count). The summed E-state index contributed by atoms with van der Waals surface area (Å²) in [7, 11) is 0. The maximum Gasteiger partial charge on any atom is 0.0893 e. The summed E-state index contributed by atoms with van der Waals surface area (Å²) in [6.07, 6.45) is 0. The fourth-order valence-electron chi connectivity index (χ4n) is 1.41. The summed E-state index contributed by atoms with van der Waals surface area (Å²) >= 11 is 7.21. The topological polar surface area (TPSA) is 12.0 Å². The molecule has 1 saturated carbocycles. The van der Waals surface area contributed by atoms with Gasteiger partial charge in [0.25, 0.3) is 0 Å². The molecule has 1 heterocycles. The van der Waals surface area contributed by atoms with Crippen LogP contribution in [-0.4, -0.2) is 16.3 Å². The van der Waals surface area contributed by atoms with Crippen molar-refractivity contribution in [3.8, 4) is 0 Å². The first-order valence-corrected chi connectivity index (χ1v) is 4.40. The van der Waals surface area contributed by atoms with Crippen LogP contribution < -0.4 is 5.32 Å². The van der Waals surface area contributed by atoms with Crippen molar-refractivity contribution in [2.75, 3.05) is 13.1 Å². The molecule has 1 saturated heterocycles. The van der Waals surface area contributed by atoms with E-state index in [1.165, 1.54) is 13.1 Å². The van der Waals surface area contributed by atoms with Crippen molar-refractivity contribution in [2.45, 2.75) is 3.23 Å². The molecule has 46 valence electrons. The van der Waals surface area contributed by atoms with E-state index >= 15 is 0 Å². The lowest BCUT2D eigenvalue weighted by atomic mass is 10.4. The van der Waals surface area contributed by atoms with E-state index in [9.17, 15) is 0 Å². The van der Waals surface area contributed by atoms with Gasteiger partial charge in [0.05, 0.1) is 3.23 Å². The smallest absolute Gasteiger partial charge is 0.0893 e. The van der Waals surface area contributed by atoms with Crippen molar-refractivity contribution in [3.05, 3.63) is 0 Å². The number of piperidine rings is 1. The zero-order valence-corrected chi connectivity index (χ0v) is 7.50. The number of alkyl halides is 2. The minimum Gasteiger partial charge on any atom is -0.316 e. The van der Waals surface area contributed by atoms with E-state index in [0.29, 0.717) is 3.23 Å². The monoisotopic (exact) mass is 239 g/mol. The molecule has 1 aliphatic carbocycles. The minimum absolute atomic E-state index is 0.325. The Bertz CT molecular complexity index is 112. The van der Waals surface area contributed by atoms with E-state index in [2.05, 4.69) is 37.2 Å². The molecule has 2 fully saturated rings. The molecule has 0 unspecified atom stereocenters. The zero-order chi connectivity index (χ0) is 5.78. The van der Waals surface area contributed by atoms with E-state index in [4.69, 9.17) is 0 Å². The summed E-state index contributed by atoms with van der Waals surface area (Å²) in [4.78, 5) is 0. The van der Waals surface area contributed by atoms with Gasteiger partial charge in [0, 0.05) is 24.9 Å². The van der Waals surface area contributed by atoms with Crippen LogP contribution in [0, 0.1) is 11.8 Å². The largest absolute Gasteiger partial charge is 0.316 e. The van der Waals surface area contributed by atoms with Gasteiger partial charge in [0.1, 0.15) is 0 Å². The molecule has 0 spiro atoms. The third-order valence-corrected chi connectivity index (χ3v) is 4.45. The van der Waals surface area contributed by atoms with Crippen LogP contribution in [0.1, 0.15) is 0 Å². The normalized spacial score (nSPS) is 48.8. The van der Waals surface area contributed by atoms with Crippen LogP contribution >= 0.6 is 31.9 Å². The Labute approximate surface area is 65.5 Å². The molecule has 3 heteroatoms. The summed E-state index contributed by atoms with van der Waals surface area (Å²) in [5, 5.41) is 3.32. The van der Waals surface area contributed by atoms with Crippen LogP contribution in [0.25, 0.3) is 0 Å². The molecule has 2 aliphatic rings. The van der Waals surface area contributed by atoms with Crippen molar-refractivity contribution in [1.29, 1.82) is 0 Å². The predicted octanol–water partition coefficient (Wildman–Crippen LogP) is 1.32. The van der Waals surface area contributed by atoms with Crippen LogP contribution in [-0.2, 0) is 0 Å². The maximum absolute atomic E-state index is 3.61. The highest BCUT2D eigenvalue weighted by molar-refractivity contribution is 9.25. The Morgan fingerprint density at radius 1 is 1.25 bits per heavy atom. The van der Waals surface area contributed by atoms with Crippen molar-refractivity contribution in [1.82, 2.24) is 5.32 Å². The van der Waals surface area contributed by atoms with Crippen molar-refractivity contribution >= 4 is 31.9 Å². The fourth-order valence-corrected chi connectivity index (χ4v) is 3.07. The average molecular weight is 241 g/mol. The van der Waals surface area contributed by atoms with Gasteiger partial charge in [-0.05, 0) is 0 Å².